The molecule has 1 saturated heterocycles. The molecular formula is C16H22Cl2N2O. The maximum absolute atomic E-state index is 12.2. The Hall–Kier alpha value is -0.770. The summed E-state index contributed by atoms with van der Waals surface area (Å²) in [5.74, 6) is 0.498. The molecule has 21 heavy (non-hydrogen) atoms. The minimum Gasteiger partial charge on any atom is -0.356 e. The number of hydrogen-bond donors (Lipinski definition) is 2. The molecule has 5 heteroatoms. The summed E-state index contributed by atoms with van der Waals surface area (Å²) < 4.78 is 0. The number of carbonyl (C=O) groups excluding carboxylic acids is 1. The van der Waals surface area contributed by atoms with Gasteiger partial charge in [0.2, 0.25) is 5.91 Å². The second-order valence-electron chi connectivity index (χ2n) is 6.04. The predicted molar refractivity (Wildman–Crippen MR) is 88.1 cm³/mol. The standard InChI is InChI=1S/C16H21ClN2O.ClH/c17-13-3-1-2-12(10-13)4-7-19-15(20)14-11-16(14)5-8-18-9-6-16;/h1-3,10,14,18H,4-9,11H2,(H,19,20);1H. The molecule has 116 valence electrons. The normalized spacial score (nSPS) is 22.4. The van der Waals surface area contributed by atoms with Crippen LogP contribution in [0.1, 0.15) is 24.8 Å². The second-order valence-corrected chi connectivity index (χ2v) is 6.48. The van der Waals surface area contributed by atoms with Gasteiger partial charge >= 0.3 is 0 Å². The summed E-state index contributed by atoms with van der Waals surface area (Å²) in [6.07, 6.45) is 4.23. The summed E-state index contributed by atoms with van der Waals surface area (Å²) >= 11 is 5.95. The molecule has 0 bridgehead atoms. The van der Waals surface area contributed by atoms with Crippen molar-refractivity contribution in [2.24, 2.45) is 11.3 Å². The molecule has 1 saturated carbocycles. The van der Waals surface area contributed by atoms with E-state index in [9.17, 15) is 4.79 Å². The van der Waals surface area contributed by atoms with Crippen LogP contribution in [0.2, 0.25) is 5.02 Å². The zero-order valence-corrected chi connectivity index (χ0v) is 13.6. The summed E-state index contributed by atoms with van der Waals surface area (Å²) in [4.78, 5) is 12.2. The molecule has 1 aliphatic carbocycles. The Bertz CT molecular complexity index is 501. The zero-order valence-electron chi connectivity index (χ0n) is 12.0. The number of piperidine rings is 1. The number of nitrogens with one attached hydrogen (secondary N) is 2. The van der Waals surface area contributed by atoms with Gasteiger partial charge in [-0.3, -0.25) is 4.79 Å². The Morgan fingerprint density at radius 2 is 2.14 bits per heavy atom. The van der Waals surface area contributed by atoms with Crippen molar-refractivity contribution in [3.8, 4) is 0 Å². The molecule has 1 aromatic carbocycles. The van der Waals surface area contributed by atoms with Gasteiger partial charge in [0.1, 0.15) is 0 Å². The number of carbonyl (C=O) groups is 1. The summed E-state index contributed by atoms with van der Waals surface area (Å²) in [5.41, 5.74) is 1.50. The van der Waals surface area contributed by atoms with Crippen LogP contribution in [-0.2, 0) is 11.2 Å². The monoisotopic (exact) mass is 328 g/mol. The topological polar surface area (TPSA) is 41.1 Å². The summed E-state index contributed by atoms with van der Waals surface area (Å²) in [5, 5.41) is 7.20. The molecule has 1 spiro atoms. The number of amides is 1. The van der Waals surface area contributed by atoms with Crippen molar-refractivity contribution in [1.82, 2.24) is 10.6 Å². The van der Waals surface area contributed by atoms with Crippen molar-refractivity contribution in [2.75, 3.05) is 19.6 Å². The van der Waals surface area contributed by atoms with E-state index in [1.54, 1.807) is 0 Å². The van der Waals surface area contributed by atoms with Gasteiger partial charge in [-0.05, 0) is 61.9 Å². The van der Waals surface area contributed by atoms with E-state index < -0.39 is 0 Å². The van der Waals surface area contributed by atoms with Crippen LogP contribution in [0.25, 0.3) is 0 Å². The smallest absolute Gasteiger partial charge is 0.223 e. The highest BCUT2D eigenvalue weighted by atomic mass is 35.5. The lowest BCUT2D eigenvalue weighted by atomic mass is 9.92. The molecular weight excluding hydrogens is 307 g/mol. The molecule has 1 amide bonds. The van der Waals surface area contributed by atoms with E-state index in [-0.39, 0.29) is 24.2 Å². The first kappa shape index (κ1) is 16.6. The third-order valence-electron chi connectivity index (χ3n) is 4.71. The van der Waals surface area contributed by atoms with E-state index in [0.717, 1.165) is 43.8 Å². The van der Waals surface area contributed by atoms with E-state index in [2.05, 4.69) is 10.6 Å². The van der Waals surface area contributed by atoms with Crippen molar-refractivity contribution in [3.05, 3.63) is 34.9 Å². The van der Waals surface area contributed by atoms with E-state index in [1.165, 1.54) is 5.56 Å². The van der Waals surface area contributed by atoms with Crippen LogP contribution >= 0.6 is 24.0 Å². The van der Waals surface area contributed by atoms with Crippen LogP contribution in [0, 0.1) is 11.3 Å². The highest BCUT2D eigenvalue weighted by Crippen LogP contribution is 2.58. The van der Waals surface area contributed by atoms with Crippen LogP contribution in [0.4, 0.5) is 0 Å². The Morgan fingerprint density at radius 1 is 1.38 bits per heavy atom. The quantitative estimate of drug-likeness (QED) is 0.892. The van der Waals surface area contributed by atoms with Gasteiger partial charge in [-0.1, -0.05) is 23.7 Å². The van der Waals surface area contributed by atoms with Crippen molar-refractivity contribution < 1.29 is 4.79 Å². The number of rotatable bonds is 4. The first-order valence-electron chi connectivity index (χ1n) is 7.42. The third kappa shape index (κ3) is 3.91. The van der Waals surface area contributed by atoms with Crippen LogP contribution in [0.15, 0.2) is 24.3 Å². The molecule has 1 aliphatic heterocycles. The third-order valence-corrected chi connectivity index (χ3v) is 4.94. The highest BCUT2D eigenvalue weighted by Gasteiger charge is 2.57. The van der Waals surface area contributed by atoms with Crippen molar-refractivity contribution in [2.45, 2.75) is 25.7 Å². The van der Waals surface area contributed by atoms with Gasteiger partial charge < -0.3 is 10.6 Å². The van der Waals surface area contributed by atoms with Gasteiger partial charge in [0, 0.05) is 17.5 Å². The zero-order chi connectivity index (χ0) is 14.0. The lowest BCUT2D eigenvalue weighted by Gasteiger charge is -2.23. The molecule has 0 aromatic heterocycles. The van der Waals surface area contributed by atoms with E-state index in [0.29, 0.717) is 12.0 Å². The predicted octanol–water partition coefficient (Wildman–Crippen LogP) is 2.81. The molecule has 1 aromatic rings. The Kier molecular flexibility index (Phi) is 5.53. The van der Waals surface area contributed by atoms with Crippen LogP contribution < -0.4 is 10.6 Å². The van der Waals surface area contributed by atoms with Crippen molar-refractivity contribution in [3.63, 3.8) is 0 Å². The molecule has 3 rings (SSSR count). The van der Waals surface area contributed by atoms with E-state index in [4.69, 9.17) is 11.6 Å². The van der Waals surface area contributed by atoms with E-state index in [1.807, 2.05) is 24.3 Å². The molecule has 1 heterocycles. The molecule has 2 N–H and O–H groups in total. The summed E-state index contributed by atoms with van der Waals surface area (Å²) in [6, 6.07) is 7.82. The fraction of sp³-hybridized carbons (Fsp3) is 0.562. The summed E-state index contributed by atoms with van der Waals surface area (Å²) in [6.45, 7) is 2.82. The van der Waals surface area contributed by atoms with Crippen LogP contribution in [0.5, 0.6) is 0 Å². The SMILES string of the molecule is Cl.O=C(NCCc1cccc(Cl)c1)C1CC12CCNCC2. The Balaban J connectivity index is 0.00000161. The van der Waals surface area contributed by atoms with Gasteiger partial charge in [0.15, 0.2) is 0 Å². The molecule has 3 nitrogen and oxygen atoms in total. The number of benzene rings is 1. The van der Waals surface area contributed by atoms with Crippen molar-refractivity contribution >= 4 is 29.9 Å². The van der Waals surface area contributed by atoms with Gasteiger partial charge in [-0.15, -0.1) is 12.4 Å². The van der Waals surface area contributed by atoms with Crippen LogP contribution in [0.3, 0.4) is 0 Å². The average Bonchev–Trinajstić information content (AvgIpc) is 3.13. The molecule has 0 radical (unpaired) electrons. The fourth-order valence-corrected chi connectivity index (χ4v) is 3.55. The number of hydrogen-bond acceptors (Lipinski definition) is 2. The van der Waals surface area contributed by atoms with Gasteiger partial charge in [0.25, 0.3) is 0 Å². The van der Waals surface area contributed by atoms with Crippen molar-refractivity contribution in [1.29, 1.82) is 0 Å². The Morgan fingerprint density at radius 3 is 2.86 bits per heavy atom. The molecule has 2 fully saturated rings. The second kappa shape index (κ2) is 6.99. The minimum absolute atomic E-state index is 0. The maximum atomic E-state index is 12.2. The lowest BCUT2D eigenvalue weighted by Crippen LogP contribution is -2.34. The highest BCUT2D eigenvalue weighted by molar-refractivity contribution is 6.30. The molecule has 2 aliphatic rings. The average molecular weight is 329 g/mol. The summed E-state index contributed by atoms with van der Waals surface area (Å²) in [7, 11) is 0. The van der Waals surface area contributed by atoms with Crippen LogP contribution in [-0.4, -0.2) is 25.5 Å². The molecule has 1 unspecified atom stereocenters. The lowest BCUT2D eigenvalue weighted by molar-refractivity contribution is -0.123. The number of halogens is 2. The maximum Gasteiger partial charge on any atom is 0.223 e. The largest absolute Gasteiger partial charge is 0.356 e. The first-order valence-corrected chi connectivity index (χ1v) is 7.80. The van der Waals surface area contributed by atoms with Gasteiger partial charge in [-0.25, -0.2) is 0 Å². The minimum atomic E-state index is 0. The van der Waals surface area contributed by atoms with Gasteiger partial charge in [-0.2, -0.15) is 0 Å². The van der Waals surface area contributed by atoms with Gasteiger partial charge in [0.05, 0.1) is 0 Å². The molecule has 1 atom stereocenters. The first-order chi connectivity index (χ1) is 9.70. The van der Waals surface area contributed by atoms with E-state index >= 15 is 0 Å². The fourth-order valence-electron chi connectivity index (χ4n) is 3.34. The Labute approximate surface area is 137 Å².